The summed E-state index contributed by atoms with van der Waals surface area (Å²) in [6.07, 6.45) is 0.259. The van der Waals surface area contributed by atoms with Crippen LogP contribution in [0.4, 0.5) is 10.1 Å². The number of quaternary nitrogens is 2. The van der Waals surface area contributed by atoms with E-state index in [-0.39, 0.29) is 30.1 Å². The van der Waals surface area contributed by atoms with Crippen LogP contribution >= 0.6 is 0 Å². The molecule has 2 saturated heterocycles. The maximum Gasteiger partial charge on any atom is 0.292 e. The largest absolute Gasteiger partial charge is 0.496 e. The Morgan fingerprint density at radius 1 is 1.10 bits per heavy atom. The van der Waals surface area contributed by atoms with Gasteiger partial charge in [0, 0.05) is 0 Å². The summed E-state index contributed by atoms with van der Waals surface area (Å²) >= 11 is 0. The summed E-state index contributed by atoms with van der Waals surface area (Å²) in [4.78, 5) is 29.6. The number of carbonyl (C=O) groups excluding carboxylic acids is 2. The molecule has 0 aromatic heterocycles. The van der Waals surface area contributed by atoms with Gasteiger partial charge in [-0.3, -0.25) is 9.59 Å². The van der Waals surface area contributed by atoms with Gasteiger partial charge in [-0.15, -0.1) is 0 Å². The van der Waals surface area contributed by atoms with Crippen molar-refractivity contribution < 1.29 is 28.5 Å². The van der Waals surface area contributed by atoms with Gasteiger partial charge in [0.15, 0.2) is 6.04 Å². The molecule has 2 aromatic rings. The Bertz CT molecular complexity index is 956. The maximum atomic E-state index is 13.6. The predicted molar refractivity (Wildman–Crippen MR) is 110 cm³/mol. The minimum Gasteiger partial charge on any atom is -0.496 e. The molecule has 0 spiro atoms. The molecule has 2 aliphatic heterocycles. The molecule has 2 N–H and O–H groups in total. The van der Waals surface area contributed by atoms with Crippen molar-refractivity contribution in [2.45, 2.75) is 25.9 Å². The summed E-state index contributed by atoms with van der Waals surface area (Å²) in [5.74, 6) is 0.218. The first kappa shape index (κ1) is 20.5. The van der Waals surface area contributed by atoms with Gasteiger partial charge in [-0.25, -0.2) is 9.29 Å². The number of carbonyl (C=O) groups is 2. The summed E-state index contributed by atoms with van der Waals surface area (Å²) in [7, 11) is 1.59. The second kappa shape index (κ2) is 8.53. The molecule has 0 aliphatic carbocycles. The van der Waals surface area contributed by atoms with Crippen LogP contribution in [0.1, 0.15) is 17.5 Å². The second-order valence-corrected chi connectivity index (χ2v) is 8.15. The number of anilines is 1. The topological polar surface area (TPSA) is 55.5 Å². The number of imide groups is 1. The Kier molecular flexibility index (Phi) is 5.83. The number of hydrogen-bond acceptors (Lipinski definition) is 3. The highest BCUT2D eigenvalue weighted by atomic mass is 19.1. The van der Waals surface area contributed by atoms with Crippen molar-refractivity contribution in [2.75, 3.05) is 38.2 Å². The summed E-state index contributed by atoms with van der Waals surface area (Å²) in [6.45, 7) is 5.92. The highest BCUT2D eigenvalue weighted by Gasteiger charge is 2.47. The molecule has 158 valence electrons. The number of amides is 2. The van der Waals surface area contributed by atoms with Crippen molar-refractivity contribution in [3.63, 3.8) is 0 Å². The molecule has 7 heteroatoms. The van der Waals surface area contributed by atoms with E-state index in [0.717, 1.165) is 37.3 Å². The fourth-order valence-corrected chi connectivity index (χ4v) is 4.62. The lowest BCUT2D eigenvalue weighted by Crippen LogP contribution is -3.29. The van der Waals surface area contributed by atoms with E-state index in [1.165, 1.54) is 26.8 Å². The number of ether oxygens (including phenoxy) is 1. The number of benzene rings is 2. The van der Waals surface area contributed by atoms with Crippen molar-refractivity contribution in [3.8, 4) is 5.75 Å². The number of nitrogens with one attached hydrogen (secondary N) is 2. The molecule has 2 aliphatic rings. The molecule has 6 nitrogen and oxygen atoms in total. The molecule has 0 radical (unpaired) electrons. The van der Waals surface area contributed by atoms with Crippen LogP contribution in [0.5, 0.6) is 5.75 Å². The lowest BCUT2D eigenvalue weighted by atomic mass is 10.1. The van der Waals surface area contributed by atoms with Crippen LogP contribution in [0.3, 0.4) is 0 Å². The summed E-state index contributed by atoms with van der Waals surface area (Å²) in [6, 6.07) is 11.8. The Morgan fingerprint density at radius 2 is 1.83 bits per heavy atom. The number of piperazine rings is 1. The zero-order valence-electron chi connectivity index (χ0n) is 17.4. The van der Waals surface area contributed by atoms with E-state index in [1.54, 1.807) is 13.2 Å². The van der Waals surface area contributed by atoms with E-state index >= 15 is 0 Å². The zero-order valence-corrected chi connectivity index (χ0v) is 17.4. The molecule has 1 atom stereocenters. The average molecular weight is 413 g/mol. The van der Waals surface area contributed by atoms with Crippen molar-refractivity contribution in [1.29, 1.82) is 0 Å². The predicted octanol–water partition coefficient (Wildman–Crippen LogP) is -0.242. The minimum atomic E-state index is -0.317. The molecule has 0 bridgehead atoms. The lowest BCUT2D eigenvalue weighted by molar-refractivity contribution is -1.02. The van der Waals surface area contributed by atoms with Gasteiger partial charge in [0.05, 0.1) is 24.8 Å². The van der Waals surface area contributed by atoms with Crippen LogP contribution < -0.4 is 19.4 Å². The van der Waals surface area contributed by atoms with Crippen molar-refractivity contribution in [3.05, 3.63) is 59.4 Å². The molecule has 0 unspecified atom stereocenters. The number of hydrogen-bond donors (Lipinski definition) is 2. The standard InChI is InChI=1S/C23H26FN3O3/c1-16-5-3-4-6-19(16)27-22(28)14-20(23(27)29)26-11-9-25(10-12-26)15-17-13-18(24)7-8-21(17)30-2/h3-8,13,20H,9-12,14-15H2,1-2H3/p+2/t20-/m1/s1. The minimum absolute atomic E-state index is 0.0976. The lowest BCUT2D eigenvalue weighted by Gasteiger charge is -2.32. The molecule has 0 saturated carbocycles. The molecule has 2 aromatic carbocycles. The monoisotopic (exact) mass is 413 g/mol. The highest BCUT2D eigenvalue weighted by Crippen LogP contribution is 2.25. The van der Waals surface area contributed by atoms with E-state index in [0.29, 0.717) is 18.0 Å². The van der Waals surface area contributed by atoms with E-state index in [4.69, 9.17) is 4.74 Å². The molecular weight excluding hydrogens is 385 g/mol. The van der Waals surface area contributed by atoms with Crippen LogP contribution in [0, 0.1) is 12.7 Å². The van der Waals surface area contributed by atoms with Crippen LogP contribution in [0.2, 0.25) is 0 Å². The van der Waals surface area contributed by atoms with Gasteiger partial charge in [0.2, 0.25) is 5.91 Å². The van der Waals surface area contributed by atoms with E-state index < -0.39 is 0 Å². The third-order valence-electron chi connectivity index (χ3n) is 6.28. The number of aryl methyl sites for hydroxylation is 1. The van der Waals surface area contributed by atoms with E-state index in [1.807, 2.05) is 31.2 Å². The van der Waals surface area contributed by atoms with Crippen LogP contribution in [-0.2, 0) is 16.1 Å². The van der Waals surface area contributed by atoms with Crippen LogP contribution in [0.25, 0.3) is 0 Å². The third kappa shape index (κ3) is 3.95. The number of para-hydroxylation sites is 1. The van der Waals surface area contributed by atoms with Crippen molar-refractivity contribution >= 4 is 17.5 Å². The fraction of sp³-hybridized carbons (Fsp3) is 0.391. The van der Waals surface area contributed by atoms with Gasteiger partial charge >= 0.3 is 0 Å². The van der Waals surface area contributed by atoms with Gasteiger partial charge in [-0.2, -0.15) is 0 Å². The van der Waals surface area contributed by atoms with E-state index in [2.05, 4.69) is 0 Å². The number of methoxy groups -OCH3 is 1. The molecule has 4 rings (SSSR count). The first-order valence-corrected chi connectivity index (χ1v) is 10.4. The van der Waals surface area contributed by atoms with Crippen LogP contribution in [0.15, 0.2) is 42.5 Å². The van der Waals surface area contributed by atoms with Crippen molar-refractivity contribution in [2.24, 2.45) is 0 Å². The fourth-order valence-electron chi connectivity index (χ4n) is 4.62. The first-order chi connectivity index (χ1) is 14.5. The average Bonchev–Trinajstić information content (AvgIpc) is 3.03. The van der Waals surface area contributed by atoms with Gasteiger partial charge in [-0.1, -0.05) is 18.2 Å². The van der Waals surface area contributed by atoms with Gasteiger partial charge in [0.25, 0.3) is 5.91 Å². The number of nitrogens with zero attached hydrogens (tertiary/aromatic N) is 1. The first-order valence-electron chi connectivity index (χ1n) is 10.4. The number of rotatable bonds is 5. The van der Waals surface area contributed by atoms with Gasteiger partial charge < -0.3 is 14.5 Å². The molecule has 2 amide bonds. The number of halogens is 1. The summed E-state index contributed by atoms with van der Waals surface area (Å²) in [5.41, 5.74) is 2.47. The SMILES string of the molecule is COc1ccc(F)cc1C[NH+]1CC[NH+]([C@@H]2CC(=O)N(c3ccccc3C)C2=O)CC1. The Labute approximate surface area is 175 Å². The smallest absolute Gasteiger partial charge is 0.292 e. The van der Waals surface area contributed by atoms with Gasteiger partial charge in [-0.05, 0) is 36.8 Å². The van der Waals surface area contributed by atoms with E-state index in [9.17, 15) is 14.0 Å². The molecule has 2 fully saturated rings. The zero-order chi connectivity index (χ0) is 21.3. The second-order valence-electron chi connectivity index (χ2n) is 8.15. The highest BCUT2D eigenvalue weighted by molar-refractivity contribution is 6.22. The third-order valence-corrected chi connectivity index (χ3v) is 6.28. The molecule has 2 heterocycles. The quantitative estimate of drug-likeness (QED) is 0.666. The Balaban J connectivity index is 1.40. The summed E-state index contributed by atoms with van der Waals surface area (Å²) < 4.78 is 19.0. The van der Waals surface area contributed by atoms with Crippen LogP contribution in [-0.4, -0.2) is 51.1 Å². The Hall–Kier alpha value is -2.77. The van der Waals surface area contributed by atoms with Gasteiger partial charge in [0.1, 0.15) is 44.3 Å². The summed E-state index contributed by atoms with van der Waals surface area (Å²) in [5, 5.41) is 0. The van der Waals surface area contributed by atoms with Crippen molar-refractivity contribution in [1.82, 2.24) is 0 Å². The molecule has 30 heavy (non-hydrogen) atoms. The molecular formula is C23H28FN3O3+2. The normalized spacial score (nSPS) is 24.4. The maximum absolute atomic E-state index is 13.6. The Morgan fingerprint density at radius 3 is 2.53 bits per heavy atom.